The molecule has 1 aromatic rings. The standard InChI is InChI=1S/C17H28N2O2/c1-5-20-15-9-7-6-8-14(15)17(18-4)16-12-19(13(2)3)10-11-21-16/h6-9,13,16-18H,5,10-12H2,1-4H3. The number of para-hydroxylation sites is 1. The maximum absolute atomic E-state index is 6.04. The average Bonchev–Trinajstić information content (AvgIpc) is 2.50. The van der Waals surface area contributed by atoms with E-state index in [2.05, 4.69) is 36.2 Å². The van der Waals surface area contributed by atoms with Crippen molar-refractivity contribution in [2.24, 2.45) is 0 Å². The number of nitrogens with zero attached hydrogens (tertiary/aromatic N) is 1. The fourth-order valence-electron chi connectivity index (χ4n) is 2.93. The maximum atomic E-state index is 6.04. The number of morpholine rings is 1. The van der Waals surface area contributed by atoms with Crippen molar-refractivity contribution in [3.63, 3.8) is 0 Å². The second kappa shape index (κ2) is 7.78. The molecule has 21 heavy (non-hydrogen) atoms. The van der Waals surface area contributed by atoms with Crippen LogP contribution in [0.3, 0.4) is 0 Å². The first-order valence-corrected chi connectivity index (χ1v) is 7.92. The molecule has 1 aliphatic heterocycles. The zero-order valence-electron chi connectivity index (χ0n) is 13.6. The molecule has 1 N–H and O–H groups in total. The van der Waals surface area contributed by atoms with Crippen molar-refractivity contribution >= 4 is 0 Å². The van der Waals surface area contributed by atoms with Crippen LogP contribution in [0.15, 0.2) is 24.3 Å². The third kappa shape index (κ3) is 3.96. The van der Waals surface area contributed by atoms with E-state index in [-0.39, 0.29) is 12.1 Å². The van der Waals surface area contributed by atoms with Crippen LogP contribution in [0.2, 0.25) is 0 Å². The van der Waals surface area contributed by atoms with Crippen LogP contribution in [0, 0.1) is 0 Å². The Morgan fingerprint density at radius 2 is 2.14 bits per heavy atom. The van der Waals surface area contributed by atoms with Crippen LogP contribution in [0.4, 0.5) is 0 Å². The van der Waals surface area contributed by atoms with E-state index in [1.54, 1.807) is 0 Å². The van der Waals surface area contributed by atoms with Crippen LogP contribution in [0.1, 0.15) is 32.4 Å². The normalized spacial score (nSPS) is 21.5. The van der Waals surface area contributed by atoms with Gasteiger partial charge in [-0.15, -0.1) is 0 Å². The summed E-state index contributed by atoms with van der Waals surface area (Å²) in [5.74, 6) is 0.949. The Kier molecular flexibility index (Phi) is 6.03. The molecule has 1 aliphatic rings. The highest BCUT2D eigenvalue weighted by atomic mass is 16.5. The van der Waals surface area contributed by atoms with Crippen LogP contribution in [-0.2, 0) is 4.74 Å². The van der Waals surface area contributed by atoms with Gasteiger partial charge < -0.3 is 14.8 Å². The summed E-state index contributed by atoms with van der Waals surface area (Å²) in [7, 11) is 1.99. The third-order valence-electron chi connectivity index (χ3n) is 4.09. The topological polar surface area (TPSA) is 33.7 Å². The largest absolute Gasteiger partial charge is 0.494 e. The Bertz CT molecular complexity index is 437. The van der Waals surface area contributed by atoms with Crippen molar-refractivity contribution in [3.8, 4) is 5.75 Å². The molecule has 118 valence electrons. The highest BCUT2D eigenvalue weighted by Gasteiger charge is 2.30. The monoisotopic (exact) mass is 292 g/mol. The van der Waals surface area contributed by atoms with Crippen molar-refractivity contribution < 1.29 is 9.47 Å². The lowest BCUT2D eigenvalue weighted by Crippen LogP contribution is -2.49. The van der Waals surface area contributed by atoms with Gasteiger partial charge in [0, 0.05) is 24.7 Å². The van der Waals surface area contributed by atoms with Crippen LogP contribution in [0.25, 0.3) is 0 Å². The molecule has 0 saturated carbocycles. The van der Waals surface area contributed by atoms with E-state index in [1.807, 2.05) is 26.1 Å². The SMILES string of the molecule is CCOc1ccccc1C(NC)C1CN(C(C)C)CCO1. The Morgan fingerprint density at radius 3 is 2.81 bits per heavy atom. The molecule has 0 spiro atoms. The van der Waals surface area contributed by atoms with Gasteiger partial charge >= 0.3 is 0 Å². The number of benzene rings is 1. The van der Waals surface area contributed by atoms with Gasteiger partial charge in [-0.3, -0.25) is 4.90 Å². The second-order valence-electron chi connectivity index (χ2n) is 5.74. The summed E-state index contributed by atoms with van der Waals surface area (Å²) in [5, 5.41) is 3.41. The molecular formula is C17H28N2O2. The lowest BCUT2D eigenvalue weighted by Gasteiger charge is -2.39. The Hall–Kier alpha value is -1.10. The molecular weight excluding hydrogens is 264 g/mol. The van der Waals surface area contributed by atoms with E-state index in [1.165, 1.54) is 5.56 Å². The maximum Gasteiger partial charge on any atom is 0.124 e. The molecule has 1 saturated heterocycles. The minimum absolute atomic E-state index is 0.146. The summed E-state index contributed by atoms with van der Waals surface area (Å²) < 4.78 is 11.8. The minimum atomic E-state index is 0.146. The van der Waals surface area contributed by atoms with Crippen LogP contribution in [-0.4, -0.2) is 50.4 Å². The molecule has 1 heterocycles. The molecule has 0 radical (unpaired) electrons. The molecule has 0 aromatic heterocycles. The third-order valence-corrected chi connectivity index (χ3v) is 4.09. The molecule has 0 bridgehead atoms. The zero-order valence-corrected chi connectivity index (χ0v) is 13.6. The van der Waals surface area contributed by atoms with Crippen LogP contribution in [0.5, 0.6) is 5.75 Å². The van der Waals surface area contributed by atoms with Gasteiger partial charge in [-0.25, -0.2) is 0 Å². The lowest BCUT2D eigenvalue weighted by atomic mass is 9.98. The average molecular weight is 292 g/mol. The van der Waals surface area contributed by atoms with Gasteiger partial charge in [0.05, 0.1) is 25.4 Å². The summed E-state index contributed by atoms with van der Waals surface area (Å²) in [6.45, 7) is 9.93. The van der Waals surface area contributed by atoms with Crippen molar-refractivity contribution in [1.82, 2.24) is 10.2 Å². The first kappa shape index (κ1) is 16.3. The van der Waals surface area contributed by atoms with Gasteiger partial charge in [-0.1, -0.05) is 18.2 Å². The van der Waals surface area contributed by atoms with Crippen molar-refractivity contribution in [2.75, 3.05) is 33.4 Å². The minimum Gasteiger partial charge on any atom is -0.494 e. The van der Waals surface area contributed by atoms with Gasteiger partial charge in [-0.2, -0.15) is 0 Å². The fraction of sp³-hybridized carbons (Fsp3) is 0.647. The van der Waals surface area contributed by atoms with E-state index in [4.69, 9.17) is 9.47 Å². The van der Waals surface area contributed by atoms with Gasteiger partial charge in [0.1, 0.15) is 5.75 Å². The molecule has 1 fully saturated rings. The van der Waals surface area contributed by atoms with Gasteiger partial charge in [0.15, 0.2) is 0 Å². The van der Waals surface area contributed by atoms with Gasteiger partial charge in [-0.05, 0) is 33.9 Å². The number of likely N-dealkylation sites (N-methyl/N-ethyl adjacent to an activating group) is 1. The van der Waals surface area contributed by atoms with Crippen molar-refractivity contribution in [3.05, 3.63) is 29.8 Å². The fourth-order valence-corrected chi connectivity index (χ4v) is 2.93. The highest BCUT2D eigenvalue weighted by Crippen LogP contribution is 2.30. The van der Waals surface area contributed by atoms with E-state index >= 15 is 0 Å². The number of nitrogens with one attached hydrogen (secondary N) is 1. The highest BCUT2D eigenvalue weighted by molar-refractivity contribution is 5.36. The summed E-state index contributed by atoms with van der Waals surface area (Å²) in [4.78, 5) is 2.47. The van der Waals surface area contributed by atoms with Crippen LogP contribution >= 0.6 is 0 Å². The molecule has 0 aliphatic carbocycles. The molecule has 0 amide bonds. The predicted molar refractivity (Wildman–Crippen MR) is 85.9 cm³/mol. The Labute approximate surface area is 128 Å². The van der Waals surface area contributed by atoms with E-state index in [9.17, 15) is 0 Å². The first-order chi connectivity index (χ1) is 10.2. The Balaban J connectivity index is 2.19. The van der Waals surface area contributed by atoms with Gasteiger partial charge in [0.2, 0.25) is 0 Å². The van der Waals surface area contributed by atoms with Crippen LogP contribution < -0.4 is 10.1 Å². The Morgan fingerprint density at radius 1 is 1.38 bits per heavy atom. The van der Waals surface area contributed by atoms with E-state index < -0.39 is 0 Å². The zero-order chi connectivity index (χ0) is 15.2. The van der Waals surface area contributed by atoms with Crippen molar-refractivity contribution in [2.45, 2.75) is 39.0 Å². The van der Waals surface area contributed by atoms with Gasteiger partial charge in [0.25, 0.3) is 0 Å². The summed E-state index contributed by atoms with van der Waals surface area (Å²) in [6.07, 6.45) is 0.146. The van der Waals surface area contributed by atoms with E-state index in [0.29, 0.717) is 12.6 Å². The summed E-state index contributed by atoms with van der Waals surface area (Å²) in [5.41, 5.74) is 1.18. The van der Waals surface area contributed by atoms with Crippen molar-refractivity contribution in [1.29, 1.82) is 0 Å². The number of ether oxygens (including phenoxy) is 2. The molecule has 4 heteroatoms. The summed E-state index contributed by atoms with van der Waals surface area (Å²) in [6, 6.07) is 8.94. The summed E-state index contributed by atoms with van der Waals surface area (Å²) >= 11 is 0. The molecule has 2 unspecified atom stereocenters. The molecule has 1 aromatic carbocycles. The molecule has 2 rings (SSSR count). The predicted octanol–water partition coefficient (Wildman–Crippen LogP) is 2.46. The molecule has 4 nitrogen and oxygen atoms in total. The lowest BCUT2D eigenvalue weighted by molar-refractivity contribution is -0.0553. The number of hydrogen-bond acceptors (Lipinski definition) is 4. The smallest absolute Gasteiger partial charge is 0.124 e. The quantitative estimate of drug-likeness (QED) is 0.873. The number of hydrogen-bond donors (Lipinski definition) is 1. The second-order valence-corrected chi connectivity index (χ2v) is 5.74. The molecule has 2 atom stereocenters. The first-order valence-electron chi connectivity index (χ1n) is 7.92. The number of rotatable bonds is 6. The van der Waals surface area contributed by atoms with E-state index in [0.717, 1.165) is 25.4 Å².